The Bertz CT molecular complexity index is 779. The Balaban J connectivity index is 1.91. The zero-order valence-electron chi connectivity index (χ0n) is 11.4. The molecule has 0 unspecified atom stereocenters. The number of benzene rings is 3. The van der Waals surface area contributed by atoms with Crippen LogP contribution in [-0.2, 0) is 0 Å². The van der Waals surface area contributed by atoms with Gasteiger partial charge in [-0.25, -0.2) is 0 Å². The van der Waals surface area contributed by atoms with Gasteiger partial charge in [0.1, 0.15) is 0 Å². The summed E-state index contributed by atoms with van der Waals surface area (Å²) >= 11 is 0. The highest BCUT2D eigenvalue weighted by Gasteiger charge is 2.20. The summed E-state index contributed by atoms with van der Waals surface area (Å²) in [5.74, 6) is 0. The molecule has 4 rings (SSSR count). The lowest BCUT2D eigenvalue weighted by Gasteiger charge is -2.09. The van der Waals surface area contributed by atoms with Crippen LogP contribution in [0, 0.1) is 13.3 Å². The van der Waals surface area contributed by atoms with Gasteiger partial charge < -0.3 is 0 Å². The van der Waals surface area contributed by atoms with Crippen molar-refractivity contribution in [3.63, 3.8) is 0 Å². The van der Waals surface area contributed by atoms with Crippen molar-refractivity contribution < 1.29 is 0 Å². The van der Waals surface area contributed by atoms with Gasteiger partial charge in [-0.15, -0.1) is 0 Å². The van der Waals surface area contributed by atoms with E-state index < -0.39 is 0 Å². The van der Waals surface area contributed by atoms with E-state index in [2.05, 4.69) is 80.1 Å². The van der Waals surface area contributed by atoms with Crippen LogP contribution in [0.3, 0.4) is 0 Å². The first-order chi connectivity index (χ1) is 9.83. The molecule has 95 valence electrons. The normalized spacial score (nSPS) is 12.1. The Hall–Kier alpha value is -2.34. The van der Waals surface area contributed by atoms with Gasteiger partial charge in [-0.05, 0) is 40.3 Å². The van der Waals surface area contributed by atoms with Crippen LogP contribution in [0.2, 0.25) is 0 Å². The van der Waals surface area contributed by atoms with E-state index in [-0.39, 0.29) is 0 Å². The topological polar surface area (TPSA) is 0 Å². The second-order valence-electron chi connectivity index (χ2n) is 5.36. The van der Waals surface area contributed by atoms with Crippen LogP contribution in [0.4, 0.5) is 0 Å². The Labute approximate surface area is 119 Å². The summed E-state index contributed by atoms with van der Waals surface area (Å²) in [6, 6.07) is 24.0. The van der Waals surface area contributed by atoms with E-state index in [1.807, 2.05) is 0 Å². The Kier molecular flexibility index (Phi) is 2.50. The molecule has 0 aromatic heterocycles. The average molecular weight is 255 g/mol. The SMILES string of the molecule is Cc1ccc(-c2cccc3c2[CH]c2ccccc2-3)cc1. The lowest BCUT2D eigenvalue weighted by Crippen LogP contribution is -1.86. The monoisotopic (exact) mass is 255 g/mol. The second kappa shape index (κ2) is 4.35. The standard InChI is InChI=1S/C20H15/c1-14-9-11-15(12-10-14)17-7-4-8-19-18-6-3-2-5-16(18)13-20(17)19/h2-13H,1H3. The van der Waals surface area contributed by atoms with E-state index in [0.717, 1.165) is 0 Å². The predicted octanol–water partition coefficient (Wildman–Crippen LogP) is 5.24. The van der Waals surface area contributed by atoms with Crippen LogP contribution in [-0.4, -0.2) is 0 Å². The molecule has 0 saturated carbocycles. The second-order valence-corrected chi connectivity index (χ2v) is 5.36. The molecule has 0 amide bonds. The van der Waals surface area contributed by atoms with Gasteiger partial charge in [0.15, 0.2) is 0 Å². The van der Waals surface area contributed by atoms with E-state index in [4.69, 9.17) is 0 Å². The van der Waals surface area contributed by atoms with Gasteiger partial charge in [0.05, 0.1) is 0 Å². The maximum Gasteiger partial charge on any atom is 0.0218 e. The van der Waals surface area contributed by atoms with Crippen molar-refractivity contribution in [2.75, 3.05) is 0 Å². The van der Waals surface area contributed by atoms with Crippen molar-refractivity contribution >= 4 is 0 Å². The van der Waals surface area contributed by atoms with Crippen molar-refractivity contribution in [3.8, 4) is 22.3 Å². The summed E-state index contributed by atoms with van der Waals surface area (Å²) in [4.78, 5) is 0. The quantitative estimate of drug-likeness (QED) is 0.436. The van der Waals surface area contributed by atoms with Gasteiger partial charge >= 0.3 is 0 Å². The molecule has 3 aromatic rings. The highest BCUT2D eigenvalue weighted by molar-refractivity contribution is 5.88. The molecule has 0 N–H and O–H groups in total. The Morgan fingerprint density at radius 2 is 1.30 bits per heavy atom. The summed E-state index contributed by atoms with van der Waals surface area (Å²) < 4.78 is 0. The van der Waals surface area contributed by atoms with E-state index in [1.165, 1.54) is 38.9 Å². The average Bonchev–Trinajstić information content (AvgIpc) is 2.87. The molecule has 0 bridgehead atoms. The molecule has 0 heterocycles. The molecule has 1 aliphatic rings. The number of aryl methyl sites for hydroxylation is 1. The van der Waals surface area contributed by atoms with Crippen LogP contribution in [0.5, 0.6) is 0 Å². The molecule has 0 spiro atoms. The number of hydrogen-bond donors (Lipinski definition) is 0. The van der Waals surface area contributed by atoms with Gasteiger partial charge in [-0.3, -0.25) is 0 Å². The lowest BCUT2D eigenvalue weighted by atomic mass is 9.95. The predicted molar refractivity (Wildman–Crippen MR) is 84.6 cm³/mol. The van der Waals surface area contributed by atoms with Crippen molar-refractivity contribution in [1.82, 2.24) is 0 Å². The summed E-state index contributed by atoms with van der Waals surface area (Å²) in [7, 11) is 0. The first-order valence-electron chi connectivity index (χ1n) is 6.97. The first kappa shape index (κ1) is 11.5. The molecule has 3 aromatic carbocycles. The molecule has 0 fully saturated rings. The zero-order chi connectivity index (χ0) is 13.5. The van der Waals surface area contributed by atoms with E-state index in [1.54, 1.807) is 0 Å². The van der Waals surface area contributed by atoms with Gasteiger partial charge in [0.25, 0.3) is 0 Å². The van der Waals surface area contributed by atoms with Crippen molar-refractivity contribution in [2.45, 2.75) is 6.92 Å². The summed E-state index contributed by atoms with van der Waals surface area (Å²) in [6.45, 7) is 2.13. The van der Waals surface area contributed by atoms with E-state index in [0.29, 0.717) is 0 Å². The Morgan fingerprint density at radius 3 is 2.15 bits per heavy atom. The maximum absolute atomic E-state index is 2.31. The summed E-state index contributed by atoms with van der Waals surface area (Å²) in [5.41, 5.74) is 9.26. The van der Waals surface area contributed by atoms with Gasteiger partial charge in [0.2, 0.25) is 0 Å². The molecule has 1 radical (unpaired) electrons. The fourth-order valence-corrected chi connectivity index (χ4v) is 2.96. The fourth-order valence-electron chi connectivity index (χ4n) is 2.96. The molecule has 1 aliphatic carbocycles. The minimum Gasteiger partial charge on any atom is -0.0619 e. The van der Waals surface area contributed by atoms with Gasteiger partial charge in [-0.1, -0.05) is 72.3 Å². The molecular formula is C20H15. The lowest BCUT2D eigenvalue weighted by molar-refractivity contribution is 1.46. The molecule has 0 heteroatoms. The molecular weight excluding hydrogens is 240 g/mol. The molecule has 0 aliphatic heterocycles. The third-order valence-corrected chi connectivity index (χ3v) is 4.02. The number of rotatable bonds is 1. The fraction of sp³-hybridized carbons (Fsp3) is 0.0500. The summed E-state index contributed by atoms with van der Waals surface area (Å²) in [5, 5.41) is 0. The summed E-state index contributed by atoms with van der Waals surface area (Å²) in [6.07, 6.45) is 2.31. The number of fused-ring (bicyclic) bond motifs is 3. The number of hydrogen-bond acceptors (Lipinski definition) is 0. The highest BCUT2D eigenvalue weighted by Crippen LogP contribution is 2.42. The molecule has 20 heavy (non-hydrogen) atoms. The minimum atomic E-state index is 1.29. The van der Waals surface area contributed by atoms with Crippen molar-refractivity contribution in [1.29, 1.82) is 0 Å². The van der Waals surface area contributed by atoms with Crippen molar-refractivity contribution in [2.24, 2.45) is 0 Å². The molecule has 0 nitrogen and oxygen atoms in total. The zero-order valence-corrected chi connectivity index (χ0v) is 11.4. The first-order valence-corrected chi connectivity index (χ1v) is 6.97. The van der Waals surface area contributed by atoms with Crippen LogP contribution >= 0.6 is 0 Å². The molecule has 0 atom stereocenters. The van der Waals surface area contributed by atoms with Gasteiger partial charge in [-0.2, -0.15) is 0 Å². The van der Waals surface area contributed by atoms with E-state index in [9.17, 15) is 0 Å². The van der Waals surface area contributed by atoms with Crippen LogP contribution in [0.25, 0.3) is 22.3 Å². The van der Waals surface area contributed by atoms with E-state index >= 15 is 0 Å². The highest BCUT2D eigenvalue weighted by atomic mass is 14.2. The maximum atomic E-state index is 2.31. The van der Waals surface area contributed by atoms with Crippen LogP contribution in [0.15, 0.2) is 66.7 Å². The third kappa shape index (κ3) is 1.69. The van der Waals surface area contributed by atoms with Gasteiger partial charge in [0, 0.05) is 6.42 Å². The van der Waals surface area contributed by atoms with Crippen LogP contribution in [0.1, 0.15) is 16.7 Å². The minimum absolute atomic E-state index is 1.29. The largest absolute Gasteiger partial charge is 0.0619 e. The molecule has 0 saturated heterocycles. The van der Waals surface area contributed by atoms with Crippen molar-refractivity contribution in [3.05, 3.63) is 89.8 Å². The third-order valence-electron chi connectivity index (χ3n) is 4.02. The Morgan fingerprint density at radius 1 is 0.600 bits per heavy atom. The smallest absolute Gasteiger partial charge is 0.0218 e. The van der Waals surface area contributed by atoms with Crippen LogP contribution < -0.4 is 0 Å².